The van der Waals surface area contributed by atoms with Crippen molar-refractivity contribution in [1.29, 1.82) is 0 Å². The normalized spacial score (nSPS) is 16.0. The molecule has 5 heterocycles. The van der Waals surface area contributed by atoms with Crippen LogP contribution in [0.4, 0.5) is 5.95 Å². The number of imidazole rings is 2. The molecular weight excluding hydrogens is 468 g/mol. The molecule has 0 bridgehead atoms. The van der Waals surface area contributed by atoms with E-state index in [1.165, 1.54) is 9.13 Å². The Labute approximate surface area is 212 Å². The molecule has 0 spiro atoms. The topological polar surface area (TPSA) is 108 Å². The molecule has 37 heavy (non-hydrogen) atoms. The monoisotopic (exact) mass is 496 g/mol. The van der Waals surface area contributed by atoms with E-state index in [0.717, 1.165) is 35.8 Å². The van der Waals surface area contributed by atoms with Gasteiger partial charge in [0.25, 0.3) is 5.56 Å². The Hall–Kier alpha value is -4.36. The average molecular weight is 497 g/mol. The number of piperidine rings is 1. The fourth-order valence-corrected chi connectivity index (χ4v) is 5.24. The molecule has 0 radical (unpaired) electrons. The minimum absolute atomic E-state index is 0.0332. The van der Waals surface area contributed by atoms with Crippen LogP contribution < -0.4 is 21.9 Å². The molecule has 10 heteroatoms. The van der Waals surface area contributed by atoms with Gasteiger partial charge in [-0.1, -0.05) is 30.2 Å². The number of pyridine rings is 1. The van der Waals surface area contributed by atoms with Crippen LogP contribution in [0.3, 0.4) is 0 Å². The van der Waals surface area contributed by atoms with E-state index < -0.39 is 11.2 Å². The Bertz CT molecular complexity index is 1850. The number of aromatic nitrogens is 6. The Morgan fingerprint density at radius 2 is 1.95 bits per heavy atom. The van der Waals surface area contributed by atoms with E-state index in [-0.39, 0.29) is 12.6 Å². The Morgan fingerprint density at radius 1 is 1.11 bits per heavy atom. The van der Waals surface area contributed by atoms with Crippen molar-refractivity contribution < 1.29 is 0 Å². The first kappa shape index (κ1) is 23.1. The Balaban J connectivity index is 1.51. The van der Waals surface area contributed by atoms with Gasteiger partial charge in [0.1, 0.15) is 5.65 Å². The fourth-order valence-electron chi connectivity index (χ4n) is 5.24. The lowest BCUT2D eigenvalue weighted by Gasteiger charge is -2.31. The average Bonchev–Trinajstić information content (AvgIpc) is 3.50. The molecule has 1 saturated heterocycles. The summed E-state index contributed by atoms with van der Waals surface area (Å²) in [5.74, 6) is 6.59. The lowest BCUT2D eigenvalue weighted by atomic mass is 10.1. The summed E-state index contributed by atoms with van der Waals surface area (Å²) in [5, 5.41) is 2.08. The van der Waals surface area contributed by atoms with Crippen molar-refractivity contribution in [3.8, 4) is 11.8 Å². The molecule has 0 aliphatic carbocycles. The van der Waals surface area contributed by atoms with Crippen LogP contribution >= 0.6 is 0 Å². The van der Waals surface area contributed by atoms with Crippen molar-refractivity contribution in [1.82, 2.24) is 28.1 Å². The molecule has 1 unspecified atom stereocenters. The zero-order valence-electron chi connectivity index (χ0n) is 20.9. The maximum absolute atomic E-state index is 13.8. The first-order chi connectivity index (χ1) is 18.0. The van der Waals surface area contributed by atoms with Crippen LogP contribution in [0.2, 0.25) is 0 Å². The van der Waals surface area contributed by atoms with Crippen molar-refractivity contribution in [2.24, 2.45) is 12.8 Å². The molecule has 1 aliphatic rings. The van der Waals surface area contributed by atoms with Gasteiger partial charge < -0.3 is 15.0 Å². The number of hydrogen-bond donors (Lipinski definition) is 1. The van der Waals surface area contributed by atoms with Gasteiger partial charge >= 0.3 is 5.69 Å². The molecule has 2 N–H and O–H groups in total. The van der Waals surface area contributed by atoms with E-state index in [2.05, 4.69) is 16.7 Å². The van der Waals surface area contributed by atoms with E-state index >= 15 is 0 Å². The van der Waals surface area contributed by atoms with Gasteiger partial charge in [-0.15, -0.1) is 5.92 Å². The number of rotatable bonds is 4. The van der Waals surface area contributed by atoms with Crippen molar-refractivity contribution in [3.05, 3.63) is 69.3 Å². The van der Waals surface area contributed by atoms with Gasteiger partial charge in [-0.05, 0) is 31.2 Å². The van der Waals surface area contributed by atoms with Crippen molar-refractivity contribution in [2.75, 3.05) is 18.0 Å². The number of aryl methyl sites for hydroxylation is 1. The van der Waals surface area contributed by atoms with Crippen molar-refractivity contribution in [2.45, 2.75) is 38.9 Å². The zero-order valence-corrected chi connectivity index (χ0v) is 20.9. The van der Waals surface area contributed by atoms with Crippen LogP contribution in [0.5, 0.6) is 0 Å². The predicted molar refractivity (Wildman–Crippen MR) is 144 cm³/mol. The maximum Gasteiger partial charge on any atom is 0.332 e. The van der Waals surface area contributed by atoms with Gasteiger partial charge in [0, 0.05) is 44.0 Å². The van der Waals surface area contributed by atoms with Crippen LogP contribution in [0, 0.1) is 11.8 Å². The lowest BCUT2D eigenvalue weighted by Crippen LogP contribution is -2.44. The first-order valence-corrected chi connectivity index (χ1v) is 12.4. The molecule has 1 aromatic carbocycles. The SMILES string of the molecule is CC#CCn1c(N2CCCC(N)C2)nc2c1c(=O)n(Cc1cn3ccc4ccccc4c3n1)c(=O)n2C. The molecule has 1 atom stereocenters. The van der Waals surface area contributed by atoms with E-state index in [1.54, 1.807) is 14.0 Å². The quantitative estimate of drug-likeness (QED) is 0.380. The van der Waals surface area contributed by atoms with Crippen LogP contribution in [0.1, 0.15) is 25.5 Å². The highest BCUT2D eigenvalue weighted by Crippen LogP contribution is 2.23. The molecule has 1 aliphatic heterocycles. The molecule has 5 aromatic rings. The number of nitrogens with zero attached hydrogens (tertiary/aromatic N) is 7. The van der Waals surface area contributed by atoms with E-state index in [1.807, 2.05) is 51.7 Å². The third kappa shape index (κ3) is 3.79. The van der Waals surface area contributed by atoms with E-state index in [4.69, 9.17) is 15.7 Å². The molecule has 188 valence electrons. The highest BCUT2D eigenvalue weighted by atomic mass is 16.2. The second kappa shape index (κ2) is 8.94. The van der Waals surface area contributed by atoms with Gasteiger partial charge in [0.2, 0.25) is 5.95 Å². The van der Waals surface area contributed by atoms with Crippen molar-refractivity contribution in [3.63, 3.8) is 0 Å². The molecule has 10 nitrogen and oxygen atoms in total. The predicted octanol–water partition coefficient (Wildman–Crippen LogP) is 1.70. The summed E-state index contributed by atoms with van der Waals surface area (Å²) in [7, 11) is 1.65. The summed E-state index contributed by atoms with van der Waals surface area (Å²) in [5.41, 5.74) is 7.50. The summed E-state index contributed by atoms with van der Waals surface area (Å²) in [6.07, 6.45) is 5.69. The second-order valence-electron chi connectivity index (χ2n) is 9.54. The number of hydrogen-bond acceptors (Lipinski definition) is 6. The van der Waals surface area contributed by atoms with E-state index in [0.29, 0.717) is 35.9 Å². The number of benzene rings is 1. The standard InChI is InChI=1S/C27H28N8O2/c1-3-4-13-34-22-24(30-26(34)33-12-7-9-19(28)15-33)31(2)27(37)35(25(22)36)17-20-16-32-14-11-18-8-5-6-10-21(18)23(32)29-20/h5-6,8,10-11,14,16,19H,7,9,12-13,15,17,28H2,1-2H3. The fraction of sp³-hybridized carbons (Fsp3) is 0.333. The van der Waals surface area contributed by atoms with Gasteiger partial charge in [-0.2, -0.15) is 4.98 Å². The Morgan fingerprint density at radius 3 is 2.76 bits per heavy atom. The number of nitrogens with two attached hydrogens (primary N) is 1. The maximum atomic E-state index is 13.8. The number of anilines is 1. The highest BCUT2D eigenvalue weighted by Gasteiger charge is 2.26. The molecule has 1 fully saturated rings. The summed E-state index contributed by atoms with van der Waals surface area (Å²) in [4.78, 5) is 38.8. The van der Waals surface area contributed by atoms with Crippen LogP contribution in [-0.2, 0) is 20.1 Å². The zero-order chi connectivity index (χ0) is 25.7. The smallest absolute Gasteiger partial charge is 0.332 e. The van der Waals surface area contributed by atoms with Crippen LogP contribution in [-0.4, -0.2) is 47.2 Å². The summed E-state index contributed by atoms with van der Waals surface area (Å²) in [6, 6.07) is 10.1. The summed E-state index contributed by atoms with van der Waals surface area (Å²) >= 11 is 0. The minimum atomic E-state index is -0.437. The van der Waals surface area contributed by atoms with Crippen LogP contribution in [0.15, 0.2) is 52.3 Å². The van der Waals surface area contributed by atoms with Gasteiger partial charge in [-0.3, -0.25) is 18.5 Å². The van der Waals surface area contributed by atoms with Gasteiger partial charge in [0.15, 0.2) is 11.2 Å². The van der Waals surface area contributed by atoms with E-state index in [9.17, 15) is 9.59 Å². The summed E-state index contributed by atoms with van der Waals surface area (Å²) < 4.78 is 6.41. The van der Waals surface area contributed by atoms with Gasteiger partial charge in [0.05, 0.1) is 18.8 Å². The second-order valence-corrected chi connectivity index (χ2v) is 9.54. The largest absolute Gasteiger partial charge is 0.341 e. The highest BCUT2D eigenvalue weighted by molar-refractivity contribution is 5.93. The molecular formula is C27H28N8O2. The third-order valence-electron chi connectivity index (χ3n) is 7.09. The van der Waals surface area contributed by atoms with Gasteiger partial charge in [-0.25, -0.2) is 9.78 Å². The molecule has 0 saturated carbocycles. The summed E-state index contributed by atoms with van der Waals surface area (Å²) in [6.45, 7) is 3.53. The molecule has 6 rings (SSSR count). The van der Waals surface area contributed by atoms with Crippen molar-refractivity contribution >= 4 is 33.5 Å². The number of fused-ring (bicyclic) bond motifs is 4. The first-order valence-electron chi connectivity index (χ1n) is 12.4. The Kier molecular flexibility index (Phi) is 5.57. The van der Waals surface area contributed by atoms with Crippen LogP contribution in [0.25, 0.3) is 27.6 Å². The minimum Gasteiger partial charge on any atom is -0.341 e. The lowest BCUT2D eigenvalue weighted by molar-refractivity contribution is 0.496. The third-order valence-corrected chi connectivity index (χ3v) is 7.09. The molecule has 0 amide bonds. The molecule has 4 aromatic heterocycles.